The average molecular weight is 386 g/mol. The summed E-state index contributed by atoms with van der Waals surface area (Å²) < 4.78 is 0. The molecule has 0 aromatic heterocycles. The zero-order valence-electron chi connectivity index (χ0n) is 16.3. The Kier molecular flexibility index (Phi) is 9.23. The Labute approximate surface area is 167 Å². The predicted molar refractivity (Wildman–Crippen MR) is 118 cm³/mol. The van der Waals surface area contributed by atoms with Gasteiger partial charge in [-0.25, -0.2) is 5.43 Å². The normalized spacial score (nSPS) is 12.1. The van der Waals surface area contributed by atoms with E-state index in [2.05, 4.69) is 72.7 Å². The molecule has 2 rings (SSSR count). The molecular formula is C21H28ClN5. The summed E-state index contributed by atoms with van der Waals surface area (Å²) in [5, 5.41) is 11.9. The second kappa shape index (κ2) is 11.1. The first kappa shape index (κ1) is 22.4. The van der Waals surface area contributed by atoms with Crippen LogP contribution >= 0.6 is 12.4 Å². The molecule has 2 aromatic carbocycles. The summed E-state index contributed by atoms with van der Waals surface area (Å²) in [7, 11) is 0. The summed E-state index contributed by atoms with van der Waals surface area (Å²) in [5.74, 6) is 1.16. The second-order valence-electron chi connectivity index (χ2n) is 6.74. The van der Waals surface area contributed by atoms with E-state index in [1.165, 1.54) is 11.1 Å². The standard InChI is InChI=1S/C21H27N5.ClH/c1-15(2)19-9-5-17(6-10-19)13-23-25-21(22)26-24-14-18-7-11-20(12-8-18)16(3)4;/h5-16H,1-4H3,(H3,22,25,26);1H. The molecule has 0 aliphatic rings. The molecule has 0 radical (unpaired) electrons. The van der Waals surface area contributed by atoms with Gasteiger partial charge in [0.15, 0.2) is 0 Å². The molecule has 0 aliphatic heterocycles. The van der Waals surface area contributed by atoms with Gasteiger partial charge >= 0.3 is 0 Å². The molecular weight excluding hydrogens is 358 g/mol. The summed E-state index contributed by atoms with van der Waals surface area (Å²) in [6.07, 6.45) is 3.36. The van der Waals surface area contributed by atoms with Crippen molar-refractivity contribution >= 4 is 30.8 Å². The fraction of sp³-hybridized carbons (Fsp3) is 0.286. The van der Waals surface area contributed by atoms with Crippen molar-refractivity contribution in [1.82, 2.24) is 5.43 Å². The zero-order chi connectivity index (χ0) is 18.9. The number of nitrogens with two attached hydrogens (primary N) is 1. The number of rotatable bonds is 6. The number of nitrogens with zero attached hydrogens (tertiary/aromatic N) is 3. The zero-order valence-corrected chi connectivity index (χ0v) is 17.1. The first-order valence-electron chi connectivity index (χ1n) is 8.81. The first-order chi connectivity index (χ1) is 12.5. The molecule has 6 heteroatoms. The van der Waals surface area contributed by atoms with Gasteiger partial charge in [0, 0.05) is 0 Å². The molecule has 5 nitrogen and oxygen atoms in total. The van der Waals surface area contributed by atoms with E-state index >= 15 is 0 Å². The highest BCUT2D eigenvalue weighted by Gasteiger charge is 1.98. The van der Waals surface area contributed by atoms with Gasteiger partial charge in [-0.2, -0.15) is 10.2 Å². The molecule has 0 saturated carbocycles. The Balaban J connectivity index is 0.00000364. The number of benzene rings is 2. The number of hydrazone groups is 1. The maximum atomic E-state index is 5.74. The highest BCUT2D eigenvalue weighted by atomic mass is 35.5. The number of guanidine groups is 1. The van der Waals surface area contributed by atoms with Crippen molar-refractivity contribution in [2.24, 2.45) is 21.0 Å². The van der Waals surface area contributed by atoms with Crippen molar-refractivity contribution in [1.29, 1.82) is 0 Å². The molecule has 0 fully saturated rings. The Morgan fingerprint density at radius 2 is 1.26 bits per heavy atom. The first-order valence-corrected chi connectivity index (χ1v) is 8.81. The van der Waals surface area contributed by atoms with Crippen LogP contribution in [0.1, 0.15) is 61.8 Å². The maximum Gasteiger partial charge on any atom is 0.234 e. The molecule has 3 N–H and O–H groups in total. The lowest BCUT2D eigenvalue weighted by molar-refractivity contribution is 0.866. The van der Waals surface area contributed by atoms with Crippen LogP contribution in [0.5, 0.6) is 0 Å². The lowest BCUT2D eigenvalue weighted by atomic mass is 10.0. The van der Waals surface area contributed by atoms with Gasteiger partial charge in [0.25, 0.3) is 0 Å². The largest absolute Gasteiger partial charge is 0.367 e. The Morgan fingerprint density at radius 1 is 0.815 bits per heavy atom. The van der Waals surface area contributed by atoms with E-state index in [1.54, 1.807) is 12.4 Å². The minimum atomic E-state index is 0. The molecule has 0 spiro atoms. The Morgan fingerprint density at radius 3 is 1.70 bits per heavy atom. The van der Waals surface area contributed by atoms with E-state index in [0.29, 0.717) is 11.8 Å². The molecule has 0 bridgehead atoms. The molecule has 0 heterocycles. The number of nitrogens with one attached hydrogen (secondary N) is 1. The van der Waals surface area contributed by atoms with Gasteiger partial charge in [-0.3, -0.25) is 0 Å². The quantitative estimate of drug-likeness (QED) is 0.432. The van der Waals surface area contributed by atoms with Gasteiger partial charge < -0.3 is 5.73 Å². The van der Waals surface area contributed by atoms with Crippen LogP contribution < -0.4 is 11.2 Å². The van der Waals surface area contributed by atoms with Gasteiger partial charge in [-0.1, -0.05) is 76.2 Å². The Bertz CT molecular complexity index is 775. The van der Waals surface area contributed by atoms with Crippen molar-refractivity contribution < 1.29 is 0 Å². The second-order valence-corrected chi connectivity index (χ2v) is 6.74. The summed E-state index contributed by atoms with van der Waals surface area (Å²) in [6, 6.07) is 16.4. The molecule has 0 amide bonds. The van der Waals surface area contributed by atoms with Crippen molar-refractivity contribution in [2.45, 2.75) is 39.5 Å². The van der Waals surface area contributed by atoms with Gasteiger partial charge in [0.2, 0.25) is 5.96 Å². The highest BCUT2D eigenvalue weighted by Crippen LogP contribution is 2.14. The summed E-state index contributed by atoms with van der Waals surface area (Å²) >= 11 is 0. The molecule has 0 atom stereocenters. The fourth-order valence-corrected chi connectivity index (χ4v) is 2.29. The van der Waals surface area contributed by atoms with E-state index in [4.69, 9.17) is 5.73 Å². The highest BCUT2D eigenvalue weighted by molar-refractivity contribution is 5.85. The number of hydrogen-bond acceptors (Lipinski definition) is 3. The van der Waals surface area contributed by atoms with Crippen LogP contribution in [0.4, 0.5) is 0 Å². The van der Waals surface area contributed by atoms with Crippen LogP contribution in [0.25, 0.3) is 0 Å². The van der Waals surface area contributed by atoms with E-state index in [9.17, 15) is 0 Å². The van der Waals surface area contributed by atoms with Gasteiger partial charge in [-0.05, 0) is 34.1 Å². The van der Waals surface area contributed by atoms with Crippen molar-refractivity contribution in [3.05, 3.63) is 70.8 Å². The predicted octanol–water partition coefficient (Wildman–Crippen LogP) is 4.63. The third kappa shape index (κ3) is 7.62. The summed E-state index contributed by atoms with van der Waals surface area (Å²) in [6.45, 7) is 8.67. The van der Waals surface area contributed by atoms with Crippen LogP contribution in [0.15, 0.2) is 63.8 Å². The van der Waals surface area contributed by atoms with Crippen molar-refractivity contribution in [3.63, 3.8) is 0 Å². The SMILES string of the molecule is CC(C)c1ccc(C=NN=C(N)NN=Cc2ccc(C(C)C)cc2)cc1.Cl. The maximum absolute atomic E-state index is 5.74. The van der Waals surface area contributed by atoms with E-state index in [0.717, 1.165) is 11.1 Å². The molecule has 0 unspecified atom stereocenters. The monoisotopic (exact) mass is 385 g/mol. The molecule has 27 heavy (non-hydrogen) atoms. The average Bonchev–Trinajstić information content (AvgIpc) is 2.62. The lowest BCUT2D eigenvalue weighted by Gasteiger charge is -2.04. The van der Waals surface area contributed by atoms with Gasteiger partial charge in [0.05, 0.1) is 12.4 Å². The molecule has 0 aliphatic carbocycles. The van der Waals surface area contributed by atoms with Crippen LogP contribution in [-0.4, -0.2) is 18.4 Å². The minimum Gasteiger partial charge on any atom is -0.367 e. The van der Waals surface area contributed by atoms with Crippen LogP contribution in [0.3, 0.4) is 0 Å². The topological polar surface area (TPSA) is 75.1 Å². The van der Waals surface area contributed by atoms with Crippen molar-refractivity contribution in [2.75, 3.05) is 0 Å². The van der Waals surface area contributed by atoms with E-state index in [-0.39, 0.29) is 18.4 Å². The van der Waals surface area contributed by atoms with Crippen LogP contribution in [0, 0.1) is 0 Å². The van der Waals surface area contributed by atoms with Crippen LogP contribution in [-0.2, 0) is 0 Å². The molecule has 144 valence electrons. The van der Waals surface area contributed by atoms with E-state index in [1.807, 2.05) is 24.3 Å². The summed E-state index contributed by atoms with van der Waals surface area (Å²) in [5.41, 5.74) is 13.0. The number of hydrogen-bond donors (Lipinski definition) is 2. The minimum absolute atomic E-state index is 0. The van der Waals surface area contributed by atoms with Crippen molar-refractivity contribution in [3.8, 4) is 0 Å². The third-order valence-electron chi connectivity index (χ3n) is 3.97. The molecule has 0 saturated heterocycles. The van der Waals surface area contributed by atoms with Crippen LogP contribution in [0.2, 0.25) is 0 Å². The lowest BCUT2D eigenvalue weighted by Crippen LogP contribution is -2.26. The Hall–Kier alpha value is -2.66. The van der Waals surface area contributed by atoms with Gasteiger partial charge in [-0.15, -0.1) is 17.5 Å². The number of halogens is 1. The smallest absolute Gasteiger partial charge is 0.234 e. The van der Waals surface area contributed by atoms with E-state index < -0.39 is 0 Å². The fourth-order valence-electron chi connectivity index (χ4n) is 2.29. The molecule has 2 aromatic rings. The van der Waals surface area contributed by atoms with Gasteiger partial charge in [0.1, 0.15) is 0 Å². The third-order valence-corrected chi connectivity index (χ3v) is 3.97. The summed E-state index contributed by atoms with van der Waals surface area (Å²) in [4.78, 5) is 0.